The zero-order valence-corrected chi connectivity index (χ0v) is 15.7. The number of aryl methyl sites for hydroxylation is 1. The molecule has 0 saturated carbocycles. The molecule has 0 saturated heterocycles. The molecule has 3 rings (SSSR count). The first-order valence-electron chi connectivity index (χ1n) is 7.59. The molecule has 3 N–H and O–H groups in total. The van der Waals surface area contributed by atoms with Crippen LogP contribution in [0.25, 0.3) is 0 Å². The summed E-state index contributed by atoms with van der Waals surface area (Å²) in [6.07, 6.45) is 0.879. The van der Waals surface area contributed by atoms with Gasteiger partial charge in [0.1, 0.15) is 6.04 Å². The zero-order chi connectivity index (χ0) is 16.4. The van der Waals surface area contributed by atoms with E-state index in [1.165, 1.54) is 4.90 Å². The van der Waals surface area contributed by atoms with Crippen LogP contribution in [0.2, 0.25) is 5.02 Å². The topological polar surface area (TPSA) is 55.1 Å². The number of benzene rings is 2. The van der Waals surface area contributed by atoms with Gasteiger partial charge in [-0.2, -0.15) is 0 Å². The largest absolute Gasteiger partial charge is 0.348 e. The number of rotatable bonds is 3. The van der Waals surface area contributed by atoms with Crippen LogP contribution in [-0.2, 0) is 4.79 Å². The van der Waals surface area contributed by atoms with Crippen molar-refractivity contribution in [3.8, 4) is 0 Å². The van der Waals surface area contributed by atoms with Gasteiger partial charge in [-0.1, -0.05) is 41.4 Å². The molecule has 1 amide bonds. The molecule has 0 fully saturated rings. The van der Waals surface area contributed by atoms with E-state index in [2.05, 4.69) is 5.32 Å². The summed E-state index contributed by atoms with van der Waals surface area (Å²) in [4.78, 5) is 13.7. The van der Waals surface area contributed by atoms with E-state index in [4.69, 9.17) is 17.3 Å². The molecule has 128 valence electrons. The van der Waals surface area contributed by atoms with E-state index in [1.54, 1.807) is 11.8 Å². The van der Waals surface area contributed by atoms with E-state index in [1.807, 2.05) is 49.4 Å². The van der Waals surface area contributed by atoms with E-state index in [9.17, 15) is 4.79 Å². The molecule has 1 aliphatic rings. The van der Waals surface area contributed by atoms with E-state index in [0.29, 0.717) is 5.02 Å². The summed E-state index contributed by atoms with van der Waals surface area (Å²) in [7, 11) is 0. The van der Waals surface area contributed by atoms with Crippen molar-refractivity contribution in [2.45, 2.75) is 30.3 Å². The number of halogens is 2. The molecule has 2 aromatic rings. The zero-order valence-electron chi connectivity index (χ0n) is 13.3. The molecule has 0 spiro atoms. The summed E-state index contributed by atoms with van der Waals surface area (Å²) in [6.45, 7) is 2.01. The van der Waals surface area contributed by atoms with Gasteiger partial charge in [0.05, 0.1) is 6.04 Å². The number of amides is 1. The maximum Gasteiger partial charge on any atom is 0.241 e. The van der Waals surface area contributed by atoms with Crippen LogP contribution >= 0.6 is 35.8 Å². The lowest BCUT2D eigenvalue weighted by Crippen LogP contribution is -2.37. The smallest absolute Gasteiger partial charge is 0.241 e. The third-order valence-corrected chi connectivity index (χ3v) is 5.40. The summed E-state index contributed by atoms with van der Waals surface area (Å²) < 4.78 is 0. The Kier molecular flexibility index (Phi) is 6.58. The highest BCUT2D eigenvalue weighted by molar-refractivity contribution is 7.99. The number of hydrogen-bond donors (Lipinski definition) is 2. The molecule has 0 aliphatic carbocycles. The van der Waals surface area contributed by atoms with Gasteiger partial charge in [-0.3, -0.25) is 4.79 Å². The fraction of sp³-hybridized carbons (Fsp3) is 0.278. The highest BCUT2D eigenvalue weighted by Crippen LogP contribution is 2.37. The molecule has 6 heteroatoms. The standard InChI is InChI=1S/C18H19ClN2OS.ClH/c1-11-2-4-12(5-3-11)17(20)18(22)21-15-8-9-23-16-7-6-13(19)10-14(15)16;/h2-7,10,15,17H,8-9,20H2,1H3,(H,21,22);1H. The van der Waals surface area contributed by atoms with Gasteiger partial charge in [0.25, 0.3) is 0 Å². The van der Waals surface area contributed by atoms with Crippen molar-refractivity contribution in [1.29, 1.82) is 0 Å². The van der Waals surface area contributed by atoms with Gasteiger partial charge in [0, 0.05) is 15.7 Å². The lowest BCUT2D eigenvalue weighted by atomic mass is 10.0. The minimum absolute atomic E-state index is 0. The first-order valence-corrected chi connectivity index (χ1v) is 8.96. The van der Waals surface area contributed by atoms with Crippen molar-refractivity contribution in [1.82, 2.24) is 5.32 Å². The molecule has 1 heterocycles. The summed E-state index contributed by atoms with van der Waals surface area (Å²) in [5.41, 5.74) is 9.17. The molecule has 0 aromatic heterocycles. The second-order valence-corrected chi connectivity index (χ2v) is 7.34. The molecule has 0 bridgehead atoms. The maximum atomic E-state index is 12.5. The SMILES string of the molecule is Cc1ccc(C(N)C(=O)NC2CCSc3ccc(Cl)cc32)cc1.Cl. The van der Waals surface area contributed by atoms with Gasteiger partial charge in [-0.15, -0.1) is 24.2 Å². The number of carbonyl (C=O) groups is 1. The number of hydrogen-bond acceptors (Lipinski definition) is 3. The van der Waals surface area contributed by atoms with Crippen molar-refractivity contribution in [2.75, 3.05) is 5.75 Å². The van der Waals surface area contributed by atoms with Crippen LogP contribution in [0.5, 0.6) is 0 Å². The summed E-state index contributed by atoms with van der Waals surface area (Å²) in [5.74, 6) is 0.816. The highest BCUT2D eigenvalue weighted by atomic mass is 35.5. The normalized spacial score (nSPS) is 17.4. The van der Waals surface area contributed by atoms with Gasteiger partial charge in [0.15, 0.2) is 0 Å². The summed E-state index contributed by atoms with van der Waals surface area (Å²) in [6, 6.07) is 12.9. The Balaban J connectivity index is 0.00000208. The van der Waals surface area contributed by atoms with Crippen LogP contribution < -0.4 is 11.1 Å². The van der Waals surface area contributed by atoms with Crippen LogP contribution in [0.4, 0.5) is 0 Å². The van der Waals surface area contributed by atoms with Crippen LogP contribution in [0.15, 0.2) is 47.4 Å². The van der Waals surface area contributed by atoms with Crippen LogP contribution in [-0.4, -0.2) is 11.7 Å². The quantitative estimate of drug-likeness (QED) is 0.825. The fourth-order valence-electron chi connectivity index (χ4n) is 2.70. The van der Waals surface area contributed by atoms with E-state index in [0.717, 1.165) is 28.9 Å². The Morgan fingerprint density at radius 1 is 1.29 bits per heavy atom. The van der Waals surface area contributed by atoms with Crippen LogP contribution in [0.1, 0.15) is 35.2 Å². The summed E-state index contributed by atoms with van der Waals surface area (Å²) in [5, 5.41) is 3.77. The van der Waals surface area contributed by atoms with Gasteiger partial charge in [0.2, 0.25) is 5.91 Å². The molecule has 1 aliphatic heterocycles. The molecule has 3 nitrogen and oxygen atoms in total. The van der Waals surface area contributed by atoms with E-state index < -0.39 is 6.04 Å². The van der Waals surface area contributed by atoms with Crippen LogP contribution in [0.3, 0.4) is 0 Å². The first kappa shape index (κ1) is 19.1. The Morgan fingerprint density at radius 3 is 2.71 bits per heavy atom. The van der Waals surface area contributed by atoms with Gasteiger partial charge in [-0.05, 0) is 42.7 Å². The lowest BCUT2D eigenvalue weighted by Gasteiger charge is -2.27. The number of nitrogens with one attached hydrogen (secondary N) is 1. The Bertz CT molecular complexity index is 721. The number of fused-ring (bicyclic) bond motifs is 1. The van der Waals surface area contributed by atoms with E-state index >= 15 is 0 Å². The number of carbonyl (C=O) groups excluding carboxylic acids is 1. The molecule has 0 radical (unpaired) electrons. The van der Waals surface area contributed by atoms with E-state index in [-0.39, 0.29) is 24.4 Å². The molecule has 2 atom stereocenters. The monoisotopic (exact) mass is 382 g/mol. The minimum Gasteiger partial charge on any atom is -0.348 e. The second-order valence-electron chi connectivity index (χ2n) is 5.77. The van der Waals surface area contributed by atoms with Crippen molar-refractivity contribution in [2.24, 2.45) is 5.73 Å². The third kappa shape index (κ3) is 4.25. The summed E-state index contributed by atoms with van der Waals surface area (Å²) >= 11 is 7.90. The molecule has 2 unspecified atom stereocenters. The number of thioether (sulfide) groups is 1. The Labute approximate surface area is 157 Å². The average molecular weight is 383 g/mol. The predicted octanol–water partition coefficient (Wildman–Crippen LogP) is 4.42. The highest BCUT2D eigenvalue weighted by Gasteiger charge is 2.25. The molecular formula is C18H20Cl2N2OS. The first-order chi connectivity index (χ1) is 11.0. The van der Waals surface area contributed by atoms with Gasteiger partial charge >= 0.3 is 0 Å². The van der Waals surface area contributed by atoms with Crippen molar-refractivity contribution >= 4 is 41.7 Å². The lowest BCUT2D eigenvalue weighted by molar-refractivity contribution is -0.123. The Hall–Kier alpha value is -1.20. The van der Waals surface area contributed by atoms with Crippen LogP contribution in [0, 0.1) is 6.92 Å². The van der Waals surface area contributed by atoms with Crippen molar-refractivity contribution < 1.29 is 4.79 Å². The van der Waals surface area contributed by atoms with Crippen molar-refractivity contribution in [3.63, 3.8) is 0 Å². The maximum absolute atomic E-state index is 12.5. The Morgan fingerprint density at radius 2 is 2.00 bits per heavy atom. The number of nitrogens with two attached hydrogens (primary N) is 1. The molecule has 2 aromatic carbocycles. The van der Waals surface area contributed by atoms with Gasteiger partial charge in [-0.25, -0.2) is 0 Å². The minimum atomic E-state index is -0.659. The second kappa shape index (κ2) is 8.26. The fourth-order valence-corrected chi connectivity index (χ4v) is 3.99. The average Bonchev–Trinajstić information content (AvgIpc) is 2.55. The predicted molar refractivity (Wildman–Crippen MR) is 103 cm³/mol. The third-order valence-electron chi connectivity index (χ3n) is 4.05. The molecule has 24 heavy (non-hydrogen) atoms. The molecular weight excluding hydrogens is 363 g/mol. The van der Waals surface area contributed by atoms with Crippen molar-refractivity contribution in [3.05, 3.63) is 64.2 Å². The van der Waals surface area contributed by atoms with Gasteiger partial charge < -0.3 is 11.1 Å².